The van der Waals surface area contributed by atoms with Gasteiger partial charge in [-0.2, -0.15) is 0 Å². The summed E-state index contributed by atoms with van der Waals surface area (Å²) in [7, 11) is 0. The molecular weight excluding hydrogens is 1190 g/mol. The number of aldehydes is 4. The lowest BCUT2D eigenvalue weighted by molar-refractivity contribution is -0.109. The molecule has 0 saturated heterocycles. The molecule has 12 nitrogen and oxygen atoms in total. The molecule has 0 amide bonds. The number of hydrogen-bond donors (Lipinski definition) is 0. The molecule has 0 aliphatic heterocycles. The van der Waals surface area contributed by atoms with Gasteiger partial charge in [0.05, 0.1) is 70.3 Å². The molecule has 0 unspecified atom stereocenters. The topological polar surface area (TPSA) is 156 Å². The Hall–Kier alpha value is -9.68. The lowest BCUT2D eigenvalue weighted by Crippen LogP contribution is -2.13. The molecule has 0 spiro atoms. The maximum Gasteiger partial charge on any atom is 0.197 e. The number of hydrogen-bond acceptors (Lipinski definition) is 8. The lowest BCUT2D eigenvalue weighted by Gasteiger charge is -2.16. The molecule has 0 saturated carbocycles. The maximum atomic E-state index is 12.8. The van der Waals surface area contributed by atoms with Crippen molar-refractivity contribution in [2.75, 3.05) is 0 Å². The van der Waals surface area contributed by atoms with Crippen LogP contribution in [0.3, 0.4) is 0 Å². The predicted molar refractivity (Wildman–Crippen MR) is 412 cm³/mol. The number of aryl methyl sites for hydroxylation is 12. The Morgan fingerprint density at radius 2 is 0.417 bits per heavy atom. The summed E-state index contributed by atoms with van der Waals surface area (Å²) in [5.41, 5.74) is 18.0. The molecule has 0 atom stereocenters. The van der Waals surface area contributed by atoms with Gasteiger partial charge in [-0.05, 0) is 223 Å². The normalized spacial score (nSPS) is 10.8. The number of rotatable bonds is 8. The van der Waals surface area contributed by atoms with E-state index in [0.717, 1.165) is 88.8 Å². The van der Waals surface area contributed by atoms with E-state index in [2.05, 4.69) is 0 Å². The molecule has 8 aromatic carbocycles. The Morgan fingerprint density at radius 3 is 0.573 bits per heavy atom. The van der Waals surface area contributed by atoms with Crippen molar-refractivity contribution in [3.8, 4) is 0 Å². The van der Waals surface area contributed by atoms with Crippen LogP contribution in [0.25, 0.3) is 87.2 Å². The molecule has 4 aromatic heterocycles. The van der Waals surface area contributed by atoms with Crippen LogP contribution in [-0.2, 0) is 45.4 Å². The van der Waals surface area contributed by atoms with E-state index in [1.54, 1.807) is 42.5 Å². The first-order valence-corrected chi connectivity index (χ1v) is 33.7. The van der Waals surface area contributed by atoms with Crippen molar-refractivity contribution < 1.29 is 24.7 Å². The van der Waals surface area contributed by atoms with E-state index >= 15 is 0 Å². The van der Waals surface area contributed by atoms with E-state index in [9.17, 15) is 38.4 Å². The van der Waals surface area contributed by atoms with Crippen LogP contribution >= 0.6 is 0 Å². The van der Waals surface area contributed by atoms with Crippen LogP contribution in [0.5, 0.6) is 0 Å². The van der Waals surface area contributed by atoms with Gasteiger partial charge in [0, 0.05) is 43.1 Å². The second-order valence-corrected chi connectivity index (χ2v) is 21.9. The van der Waals surface area contributed by atoms with Crippen molar-refractivity contribution in [3.05, 3.63) is 229 Å². The Kier molecular flexibility index (Phi) is 29.2. The van der Waals surface area contributed by atoms with E-state index in [1.807, 2.05) is 263 Å². The SMILES string of the molecule is CC.CC.CC.CC.CC.CC.[3H]C(=O)Cn1c2cc(C)ccc2c(=O)c2ccc(C)c(C)c21.[3H]C(=O)Cn1c2cc(C)ccc2c(=O)c2ccc(C)c(C)c21.[3H]C(=O)Cn1c2cc(C)ccc2c(=O)c2ccc(C)c(C)c21.[3H]C(=O)Cn1c2cc(C)ccc2c(=O)c2ccc(C)c(C)c21. The standard InChI is InChI=1S/4C18H17NO2.6C2H6/c4*1-11-4-6-14-16(10-11)19(8-9-20)17-13(3)12(2)5-7-15(17)18(14)21;6*1-2/h4*4-7,9-10H,8H2,1-3H3;6*1-2H3/i4*9T;;;;;;. The second kappa shape index (κ2) is 38.0. The summed E-state index contributed by atoms with van der Waals surface area (Å²) in [6.45, 7) is 47.3. The number of aromatic nitrogens is 4. The molecule has 0 aliphatic rings. The Labute approximate surface area is 573 Å². The monoisotopic (exact) mass is 1300 g/mol. The second-order valence-electron chi connectivity index (χ2n) is 21.9. The quantitative estimate of drug-likeness (QED) is 0.107. The first kappa shape index (κ1) is 73.7. The molecule has 4 heterocycles. The first-order valence-electron chi connectivity index (χ1n) is 35.7. The van der Waals surface area contributed by atoms with E-state index in [1.165, 1.54) is 0 Å². The van der Waals surface area contributed by atoms with Crippen LogP contribution in [0.1, 0.15) is 155 Å². The zero-order valence-corrected chi connectivity index (χ0v) is 61.4. The van der Waals surface area contributed by atoms with Gasteiger partial charge in [-0.15, -0.1) is 0 Å². The number of carbonyl (C=O) groups excluding carboxylic acids is 4. The molecule has 0 aliphatic carbocycles. The Morgan fingerprint density at radius 1 is 0.260 bits per heavy atom. The summed E-state index contributed by atoms with van der Waals surface area (Å²) in [6.07, 6.45) is -2.69. The van der Waals surface area contributed by atoms with Gasteiger partial charge in [0.25, 0.3) is 0 Å². The van der Waals surface area contributed by atoms with Crippen molar-refractivity contribution in [1.82, 2.24) is 18.3 Å². The number of benzene rings is 8. The average molecular weight is 1310 g/mol. The van der Waals surface area contributed by atoms with Crippen molar-refractivity contribution in [2.45, 2.75) is 192 Å². The molecular formula is C84H104N4O8. The van der Waals surface area contributed by atoms with Crippen LogP contribution in [0.2, 0.25) is 0 Å². The fraction of sp³-hybridized carbons (Fsp3) is 0.333. The number of fused-ring (bicyclic) bond motifs is 8. The minimum Gasteiger partial charge on any atom is -0.333 e. The van der Waals surface area contributed by atoms with E-state index in [-0.39, 0.29) is 47.9 Å². The fourth-order valence-corrected chi connectivity index (χ4v) is 11.5. The van der Waals surface area contributed by atoms with E-state index < -0.39 is 25.0 Å². The first-order chi connectivity index (χ1) is 47.6. The summed E-state index contributed by atoms with van der Waals surface area (Å²) in [4.78, 5) is 96.8. The summed E-state index contributed by atoms with van der Waals surface area (Å²) < 4.78 is 36.6. The molecule has 508 valence electrons. The zero-order chi connectivity index (χ0) is 76.1. The molecule has 12 rings (SSSR count). The van der Waals surface area contributed by atoms with Gasteiger partial charge >= 0.3 is 0 Å². The van der Waals surface area contributed by atoms with Gasteiger partial charge in [-0.1, -0.05) is 132 Å². The van der Waals surface area contributed by atoms with Crippen LogP contribution < -0.4 is 21.7 Å². The lowest BCUT2D eigenvalue weighted by atomic mass is 10.0. The highest BCUT2D eigenvalue weighted by molar-refractivity contribution is 6.00. The van der Waals surface area contributed by atoms with Crippen LogP contribution in [0, 0.1) is 83.1 Å². The predicted octanol–water partition coefficient (Wildman–Crippen LogP) is 19.3. The minimum atomic E-state index is -0.673. The maximum absolute atomic E-state index is 12.8. The molecule has 96 heavy (non-hydrogen) atoms. The average Bonchev–Trinajstić information content (AvgIpc) is 0.770. The summed E-state index contributed by atoms with van der Waals surface area (Å²) in [5, 5.41) is 4.73. The van der Waals surface area contributed by atoms with E-state index in [4.69, 9.17) is 5.48 Å². The highest BCUT2D eigenvalue weighted by atomic mass is 16.1. The third-order valence-electron chi connectivity index (χ3n) is 16.5. The van der Waals surface area contributed by atoms with Gasteiger partial charge in [-0.25, -0.2) is 0 Å². The van der Waals surface area contributed by atoms with Crippen molar-refractivity contribution in [1.29, 1.82) is 0 Å². The molecule has 0 fully saturated rings. The Bertz CT molecular complexity index is 4600. The highest BCUT2D eigenvalue weighted by Gasteiger charge is 2.18. The molecule has 0 radical (unpaired) electrons. The van der Waals surface area contributed by atoms with Gasteiger partial charge in [0.1, 0.15) is 30.5 Å². The summed E-state index contributed by atoms with van der Waals surface area (Å²) >= 11 is 0. The number of pyridine rings is 4. The van der Waals surface area contributed by atoms with Crippen molar-refractivity contribution >= 4 is 112 Å². The molecule has 0 N–H and O–H groups in total. The number of nitrogens with zero attached hydrogens (tertiary/aromatic N) is 4. The largest absolute Gasteiger partial charge is 0.333 e. The smallest absolute Gasteiger partial charge is 0.197 e. The van der Waals surface area contributed by atoms with Gasteiger partial charge < -0.3 is 37.4 Å². The van der Waals surface area contributed by atoms with Gasteiger partial charge in [0.15, 0.2) is 21.7 Å². The molecule has 0 bridgehead atoms. The zero-order valence-electron chi connectivity index (χ0n) is 65.4. The van der Waals surface area contributed by atoms with Gasteiger partial charge in [-0.3, -0.25) is 19.2 Å². The van der Waals surface area contributed by atoms with Crippen molar-refractivity contribution in [3.63, 3.8) is 0 Å². The Balaban J connectivity index is 0.000000329. The molecule has 12 aromatic rings. The summed E-state index contributed by atoms with van der Waals surface area (Å²) in [5.74, 6) is 0. The van der Waals surface area contributed by atoms with Crippen molar-refractivity contribution in [2.24, 2.45) is 0 Å². The summed E-state index contributed by atoms with van der Waals surface area (Å²) in [6, 6.07) is 37.3. The number of carbonyl (C=O) groups is 4. The third kappa shape index (κ3) is 16.9. The highest BCUT2D eigenvalue weighted by Crippen LogP contribution is 2.29. The molecule has 12 heteroatoms. The van der Waals surface area contributed by atoms with Gasteiger partial charge in [0.2, 0.25) is 0 Å². The third-order valence-corrected chi connectivity index (χ3v) is 16.5. The van der Waals surface area contributed by atoms with Crippen LogP contribution in [-0.4, -0.2) is 43.3 Å². The minimum absolute atomic E-state index is 0.0261. The van der Waals surface area contributed by atoms with Crippen LogP contribution in [0.15, 0.2) is 141 Å². The van der Waals surface area contributed by atoms with Crippen LogP contribution in [0.4, 0.5) is 0 Å². The van der Waals surface area contributed by atoms with E-state index in [0.29, 0.717) is 65.2 Å². The fourth-order valence-electron chi connectivity index (χ4n) is 11.5.